The minimum Gasteiger partial charge on any atom is -0.394 e. The summed E-state index contributed by atoms with van der Waals surface area (Å²) in [6.45, 7) is 1.44. The number of hydrogen-bond donors (Lipinski definition) is 3. The number of aromatic nitrogens is 1. The van der Waals surface area contributed by atoms with Crippen LogP contribution in [0, 0.1) is 5.82 Å². The molecule has 1 aromatic heterocycles. The predicted octanol–water partition coefficient (Wildman–Crippen LogP) is 1.47. The number of H-pyrrole nitrogens is 1. The van der Waals surface area contributed by atoms with Crippen molar-refractivity contribution >= 4 is 10.9 Å². The molecule has 1 aromatic carbocycles. The number of aromatic amines is 1. The second-order valence-corrected chi connectivity index (χ2v) is 3.94. The maximum atomic E-state index is 13.6. The minimum atomic E-state index is -0.930. The van der Waals surface area contributed by atoms with E-state index in [1.807, 2.05) is 0 Å². The molecular weight excluding hydrogens is 195 g/mol. The molecule has 4 heteroatoms. The van der Waals surface area contributed by atoms with Crippen LogP contribution >= 0.6 is 0 Å². The van der Waals surface area contributed by atoms with Crippen LogP contribution in [0.1, 0.15) is 12.5 Å². The van der Waals surface area contributed by atoms with Crippen molar-refractivity contribution in [1.82, 2.24) is 4.98 Å². The molecule has 0 aliphatic rings. The number of aliphatic hydroxyl groups is 1. The van der Waals surface area contributed by atoms with Crippen molar-refractivity contribution in [2.45, 2.75) is 12.5 Å². The largest absolute Gasteiger partial charge is 0.394 e. The molecule has 1 atom stereocenters. The van der Waals surface area contributed by atoms with Crippen LogP contribution in [-0.2, 0) is 5.54 Å². The monoisotopic (exact) mass is 208 g/mol. The van der Waals surface area contributed by atoms with Gasteiger partial charge < -0.3 is 15.8 Å². The van der Waals surface area contributed by atoms with E-state index in [4.69, 9.17) is 10.8 Å². The number of aliphatic hydroxyl groups excluding tert-OH is 1. The molecule has 0 aliphatic carbocycles. The minimum absolute atomic E-state index is 0.228. The van der Waals surface area contributed by atoms with E-state index in [2.05, 4.69) is 4.98 Å². The number of rotatable bonds is 2. The summed E-state index contributed by atoms with van der Waals surface area (Å²) in [5, 5.41) is 9.61. The Labute approximate surface area is 86.7 Å². The van der Waals surface area contributed by atoms with Crippen molar-refractivity contribution in [3.05, 3.63) is 35.8 Å². The van der Waals surface area contributed by atoms with E-state index in [0.29, 0.717) is 16.5 Å². The molecule has 0 aliphatic heterocycles. The lowest BCUT2D eigenvalue weighted by Crippen LogP contribution is -2.36. The Kier molecular flexibility index (Phi) is 2.25. The Morgan fingerprint density at radius 1 is 1.53 bits per heavy atom. The number of benzene rings is 1. The fourth-order valence-corrected chi connectivity index (χ4v) is 1.68. The molecule has 0 saturated heterocycles. The SMILES string of the molecule is CC(N)(CO)c1c[nH]c2cccc(F)c12. The van der Waals surface area contributed by atoms with E-state index in [1.54, 1.807) is 25.3 Å². The van der Waals surface area contributed by atoms with Crippen molar-refractivity contribution in [2.75, 3.05) is 6.61 Å². The molecule has 2 aromatic rings. The van der Waals surface area contributed by atoms with Crippen LogP contribution < -0.4 is 5.73 Å². The van der Waals surface area contributed by atoms with Gasteiger partial charge in [-0.2, -0.15) is 0 Å². The first-order valence-electron chi connectivity index (χ1n) is 4.72. The average Bonchev–Trinajstić information content (AvgIpc) is 2.63. The number of fused-ring (bicyclic) bond motifs is 1. The highest BCUT2D eigenvalue weighted by Crippen LogP contribution is 2.28. The third-order valence-corrected chi connectivity index (χ3v) is 2.60. The van der Waals surface area contributed by atoms with E-state index in [0.717, 1.165) is 0 Å². The summed E-state index contributed by atoms with van der Waals surface area (Å²) in [6, 6.07) is 4.78. The van der Waals surface area contributed by atoms with Gasteiger partial charge in [0.15, 0.2) is 0 Å². The first kappa shape index (κ1) is 10.1. The van der Waals surface area contributed by atoms with Crippen LogP contribution in [0.5, 0.6) is 0 Å². The van der Waals surface area contributed by atoms with Crippen LogP contribution in [0.4, 0.5) is 4.39 Å². The molecule has 0 spiro atoms. The van der Waals surface area contributed by atoms with Gasteiger partial charge in [-0.05, 0) is 19.1 Å². The average molecular weight is 208 g/mol. The summed E-state index contributed by atoms with van der Waals surface area (Å²) in [7, 11) is 0. The van der Waals surface area contributed by atoms with E-state index in [9.17, 15) is 4.39 Å². The van der Waals surface area contributed by atoms with Crippen LogP contribution in [-0.4, -0.2) is 16.7 Å². The molecule has 1 heterocycles. The molecule has 0 amide bonds. The fourth-order valence-electron chi connectivity index (χ4n) is 1.68. The molecule has 4 N–H and O–H groups in total. The summed E-state index contributed by atoms with van der Waals surface area (Å²) in [4.78, 5) is 2.94. The van der Waals surface area contributed by atoms with Gasteiger partial charge in [-0.25, -0.2) is 4.39 Å². The Balaban J connectivity index is 2.73. The van der Waals surface area contributed by atoms with Crippen LogP contribution in [0.15, 0.2) is 24.4 Å². The van der Waals surface area contributed by atoms with Gasteiger partial charge in [-0.1, -0.05) is 6.07 Å². The summed E-state index contributed by atoms with van der Waals surface area (Å²) < 4.78 is 13.6. The van der Waals surface area contributed by atoms with Crippen molar-refractivity contribution < 1.29 is 9.50 Å². The smallest absolute Gasteiger partial charge is 0.132 e. The van der Waals surface area contributed by atoms with Crippen LogP contribution in [0.3, 0.4) is 0 Å². The Morgan fingerprint density at radius 2 is 2.27 bits per heavy atom. The Hall–Kier alpha value is -1.39. The van der Waals surface area contributed by atoms with Crippen LogP contribution in [0.25, 0.3) is 10.9 Å². The lowest BCUT2D eigenvalue weighted by atomic mass is 9.94. The summed E-state index contributed by atoms with van der Waals surface area (Å²) in [5.74, 6) is -0.325. The topological polar surface area (TPSA) is 62.0 Å². The number of nitrogens with one attached hydrogen (secondary N) is 1. The zero-order chi connectivity index (χ0) is 11.1. The van der Waals surface area contributed by atoms with Crippen molar-refractivity contribution in [1.29, 1.82) is 0 Å². The second kappa shape index (κ2) is 3.32. The third-order valence-electron chi connectivity index (χ3n) is 2.60. The molecular formula is C11H13FN2O. The first-order valence-corrected chi connectivity index (χ1v) is 4.72. The molecule has 3 nitrogen and oxygen atoms in total. The number of nitrogens with two attached hydrogens (primary N) is 1. The molecule has 0 bridgehead atoms. The van der Waals surface area contributed by atoms with Gasteiger partial charge in [0.1, 0.15) is 5.82 Å². The molecule has 0 radical (unpaired) electrons. The lowest BCUT2D eigenvalue weighted by molar-refractivity contribution is 0.211. The van der Waals surface area contributed by atoms with Crippen molar-refractivity contribution in [3.8, 4) is 0 Å². The van der Waals surface area contributed by atoms with Crippen molar-refractivity contribution in [2.24, 2.45) is 5.73 Å². The Bertz CT molecular complexity index is 490. The normalized spacial score (nSPS) is 15.5. The van der Waals surface area contributed by atoms with Gasteiger partial charge in [-0.3, -0.25) is 0 Å². The standard InChI is InChI=1S/C11H13FN2O/c1-11(13,6-15)7-5-14-9-4-2-3-8(12)10(7)9/h2-5,14-15H,6,13H2,1H3. The lowest BCUT2D eigenvalue weighted by Gasteiger charge is -2.21. The fraction of sp³-hybridized carbons (Fsp3) is 0.273. The molecule has 0 saturated carbocycles. The predicted molar refractivity (Wildman–Crippen MR) is 56.9 cm³/mol. The zero-order valence-electron chi connectivity index (χ0n) is 8.42. The first-order chi connectivity index (χ1) is 7.06. The van der Waals surface area contributed by atoms with E-state index >= 15 is 0 Å². The molecule has 15 heavy (non-hydrogen) atoms. The van der Waals surface area contributed by atoms with Gasteiger partial charge in [0.05, 0.1) is 12.1 Å². The molecule has 1 unspecified atom stereocenters. The number of halogens is 1. The van der Waals surface area contributed by atoms with E-state index in [1.165, 1.54) is 6.07 Å². The van der Waals surface area contributed by atoms with Crippen molar-refractivity contribution in [3.63, 3.8) is 0 Å². The third kappa shape index (κ3) is 1.52. The van der Waals surface area contributed by atoms with Gasteiger partial charge >= 0.3 is 0 Å². The quantitative estimate of drug-likeness (QED) is 0.700. The van der Waals surface area contributed by atoms with Gasteiger partial charge in [-0.15, -0.1) is 0 Å². The highest BCUT2D eigenvalue weighted by molar-refractivity contribution is 5.84. The highest BCUT2D eigenvalue weighted by Gasteiger charge is 2.24. The molecule has 80 valence electrons. The zero-order valence-corrected chi connectivity index (χ0v) is 8.42. The maximum absolute atomic E-state index is 13.6. The van der Waals surface area contributed by atoms with Gasteiger partial charge in [0, 0.05) is 22.7 Å². The van der Waals surface area contributed by atoms with Gasteiger partial charge in [0.25, 0.3) is 0 Å². The van der Waals surface area contributed by atoms with Gasteiger partial charge in [0.2, 0.25) is 0 Å². The second-order valence-electron chi connectivity index (χ2n) is 3.94. The summed E-state index contributed by atoms with van der Waals surface area (Å²) in [5.41, 5.74) is 6.24. The maximum Gasteiger partial charge on any atom is 0.132 e. The highest BCUT2D eigenvalue weighted by atomic mass is 19.1. The van der Waals surface area contributed by atoms with E-state index in [-0.39, 0.29) is 12.4 Å². The molecule has 2 rings (SSSR count). The number of hydrogen-bond acceptors (Lipinski definition) is 2. The van der Waals surface area contributed by atoms with E-state index < -0.39 is 5.54 Å². The summed E-state index contributed by atoms with van der Waals surface area (Å²) >= 11 is 0. The van der Waals surface area contributed by atoms with Crippen LogP contribution in [0.2, 0.25) is 0 Å². The molecule has 0 fully saturated rings. The summed E-state index contributed by atoms with van der Waals surface area (Å²) in [6.07, 6.45) is 1.64. The Morgan fingerprint density at radius 3 is 2.93 bits per heavy atom.